The Morgan fingerprint density at radius 1 is 1.26 bits per heavy atom. The van der Waals surface area contributed by atoms with Crippen LogP contribution >= 0.6 is 0 Å². The van der Waals surface area contributed by atoms with Crippen LogP contribution in [0.4, 0.5) is 11.4 Å². The Labute approximate surface area is 196 Å². The number of carbonyl (C=O) groups excluding carboxylic acids is 2. The number of fused-ring (bicyclic) bond motifs is 2. The number of methoxy groups -OCH3 is 1. The van der Waals surface area contributed by atoms with Crippen LogP contribution < -0.4 is 10.6 Å². The van der Waals surface area contributed by atoms with Gasteiger partial charge in [-0.2, -0.15) is 0 Å². The number of pyridine rings is 1. The van der Waals surface area contributed by atoms with E-state index in [2.05, 4.69) is 15.6 Å². The second-order valence-electron chi connectivity index (χ2n) is 8.21. The molecular formula is C25H26N4O5. The minimum Gasteiger partial charge on any atom is -0.464 e. The molecule has 0 saturated carbocycles. The third kappa shape index (κ3) is 3.99. The van der Waals surface area contributed by atoms with E-state index in [0.29, 0.717) is 49.4 Å². The fourth-order valence-corrected chi connectivity index (χ4v) is 4.34. The van der Waals surface area contributed by atoms with Crippen LogP contribution in [-0.2, 0) is 27.4 Å². The largest absolute Gasteiger partial charge is 0.464 e. The highest BCUT2D eigenvalue weighted by Gasteiger charge is 2.29. The van der Waals surface area contributed by atoms with Gasteiger partial charge in [0.25, 0.3) is 0 Å². The number of nitrogens with one attached hydrogen (secondary N) is 2. The number of esters is 1. The third-order valence-electron chi connectivity index (χ3n) is 6.09. The Morgan fingerprint density at radius 2 is 2.12 bits per heavy atom. The number of benzene rings is 1. The second-order valence-corrected chi connectivity index (χ2v) is 8.21. The maximum absolute atomic E-state index is 12.9. The van der Waals surface area contributed by atoms with Gasteiger partial charge < -0.3 is 29.1 Å². The zero-order chi connectivity index (χ0) is 23.7. The molecule has 1 aromatic carbocycles. The average molecular weight is 463 g/mol. The summed E-state index contributed by atoms with van der Waals surface area (Å²) in [6, 6.07) is 11.7. The highest BCUT2D eigenvalue weighted by atomic mass is 16.5. The Balaban J connectivity index is 1.49. The lowest BCUT2D eigenvalue weighted by Gasteiger charge is -2.11. The van der Waals surface area contributed by atoms with Gasteiger partial charge in [-0.1, -0.05) is 18.2 Å². The summed E-state index contributed by atoms with van der Waals surface area (Å²) in [6.07, 6.45) is 2.35. The molecule has 1 fully saturated rings. The maximum Gasteiger partial charge on any atom is 0.356 e. The van der Waals surface area contributed by atoms with Gasteiger partial charge >= 0.3 is 5.97 Å². The summed E-state index contributed by atoms with van der Waals surface area (Å²) in [7, 11) is 1.32. The topological polar surface area (TPSA) is 108 Å². The van der Waals surface area contributed by atoms with Crippen molar-refractivity contribution in [2.24, 2.45) is 5.92 Å². The van der Waals surface area contributed by atoms with Gasteiger partial charge in [-0.05, 0) is 31.5 Å². The Morgan fingerprint density at radius 3 is 2.85 bits per heavy atom. The van der Waals surface area contributed by atoms with Crippen molar-refractivity contribution >= 4 is 45.3 Å². The van der Waals surface area contributed by atoms with E-state index < -0.39 is 5.97 Å². The lowest BCUT2D eigenvalue weighted by molar-refractivity contribution is -0.119. The first-order chi connectivity index (χ1) is 16.6. The molecule has 176 valence electrons. The number of ether oxygens (including phenoxy) is 2. The minimum absolute atomic E-state index is 0.182. The molecule has 1 unspecified atom stereocenters. The van der Waals surface area contributed by atoms with Crippen LogP contribution in [0.3, 0.4) is 0 Å². The first-order valence-corrected chi connectivity index (χ1v) is 11.3. The summed E-state index contributed by atoms with van der Waals surface area (Å²) in [5.41, 5.74) is 2.83. The van der Waals surface area contributed by atoms with Gasteiger partial charge in [0.2, 0.25) is 5.91 Å². The number of aryl methyl sites for hydroxylation is 1. The summed E-state index contributed by atoms with van der Waals surface area (Å²) in [5.74, 6) is -0.182. The SMILES string of the molecule is CCn1c(C(=O)OC)c(NC(=O)C2CCOC2)c2cc(NCc3cc4ccccc4o3)cnc21. The quantitative estimate of drug-likeness (QED) is 0.397. The molecule has 1 atom stereocenters. The lowest BCUT2D eigenvalue weighted by atomic mass is 10.1. The van der Waals surface area contributed by atoms with Crippen molar-refractivity contribution in [1.82, 2.24) is 9.55 Å². The van der Waals surface area contributed by atoms with E-state index in [1.807, 2.05) is 43.3 Å². The molecule has 1 aliphatic rings. The van der Waals surface area contributed by atoms with Crippen LogP contribution in [0.15, 0.2) is 47.0 Å². The molecule has 0 radical (unpaired) electrons. The summed E-state index contributed by atoms with van der Waals surface area (Å²) in [6.45, 7) is 3.78. The Hall–Kier alpha value is -3.85. The molecule has 9 heteroatoms. The molecule has 0 aliphatic carbocycles. The first-order valence-electron chi connectivity index (χ1n) is 11.3. The first kappa shape index (κ1) is 22.0. The molecular weight excluding hydrogens is 436 g/mol. The van der Waals surface area contributed by atoms with Gasteiger partial charge in [0.15, 0.2) is 5.69 Å². The number of furan rings is 1. The number of rotatable bonds is 7. The zero-order valence-electron chi connectivity index (χ0n) is 19.1. The molecule has 1 aliphatic heterocycles. The van der Waals surface area contributed by atoms with E-state index >= 15 is 0 Å². The summed E-state index contributed by atoms with van der Waals surface area (Å²) in [5, 5.41) is 7.98. The van der Waals surface area contributed by atoms with Crippen LogP contribution in [0.1, 0.15) is 29.6 Å². The van der Waals surface area contributed by atoms with Gasteiger partial charge in [0.05, 0.1) is 43.8 Å². The van der Waals surface area contributed by atoms with E-state index in [9.17, 15) is 9.59 Å². The number of anilines is 2. The summed E-state index contributed by atoms with van der Waals surface area (Å²) < 4.78 is 18.0. The smallest absolute Gasteiger partial charge is 0.356 e. The fraction of sp³-hybridized carbons (Fsp3) is 0.320. The van der Waals surface area contributed by atoms with Crippen LogP contribution in [0.2, 0.25) is 0 Å². The number of aromatic nitrogens is 2. The predicted octanol–water partition coefficient (Wildman–Crippen LogP) is 4.18. The van der Waals surface area contributed by atoms with E-state index in [4.69, 9.17) is 13.9 Å². The van der Waals surface area contributed by atoms with Crippen LogP contribution in [0.25, 0.3) is 22.0 Å². The minimum atomic E-state index is -0.533. The Bertz CT molecular complexity index is 1330. The van der Waals surface area contributed by atoms with Crippen molar-refractivity contribution in [3.8, 4) is 0 Å². The van der Waals surface area contributed by atoms with Crippen molar-refractivity contribution in [3.63, 3.8) is 0 Å². The van der Waals surface area contributed by atoms with Crippen molar-refractivity contribution in [3.05, 3.63) is 54.0 Å². The molecule has 0 bridgehead atoms. The van der Waals surface area contributed by atoms with Gasteiger partial charge in [0.1, 0.15) is 17.0 Å². The van der Waals surface area contributed by atoms with E-state index in [-0.39, 0.29) is 17.5 Å². The van der Waals surface area contributed by atoms with Crippen LogP contribution in [-0.4, -0.2) is 41.8 Å². The summed E-state index contributed by atoms with van der Waals surface area (Å²) >= 11 is 0. The molecule has 4 heterocycles. The monoisotopic (exact) mass is 462 g/mol. The molecule has 34 heavy (non-hydrogen) atoms. The molecule has 1 amide bonds. The van der Waals surface area contributed by atoms with Gasteiger partial charge in [-0.3, -0.25) is 4.79 Å². The van der Waals surface area contributed by atoms with E-state index in [0.717, 1.165) is 22.4 Å². The van der Waals surface area contributed by atoms with Crippen LogP contribution in [0, 0.1) is 5.92 Å². The standard InChI is InChI=1S/C25H26N4O5/c1-3-29-22(25(31)32-2)21(28-24(30)16-8-9-33-14-16)19-11-17(12-27-23(19)29)26-13-18-10-15-6-4-5-7-20(15)34-18/h4-7,10-12,16,26H,3,8-9,13-14H2,1-2H3,(H,28,30). The second kappa shape index (κ2) is 9.18. The Kier molecular flexibility index (Phi) is 5.93. The molecule has 4 aromatic rings. The highest BCUT2D eigenvalue weighted by molar-refractivity contribution is 6.11. The third-order valence-corrected chi connectivity index (χ3v) is 6.09. The number of para-hydroxylation sites is 1. The molecule has 3 aromatic heterocycles. The van der Waals surface area contributed by atoms with Crippen molar-refractivity contribution in [2.75, 3.05) is 31.0 Å². The maximum atomic E-state index is 12.9. The lowest BCUT2D eigenvalue weighted by Crippen LogP contribution is -2.24. The zero-order valence-corrected chi connectivity index (χ0v) is 19.1. The predicted molar refractivity (Wildman–Crippen MR) is 128 cm³/mol. The van der Waals surface area contributed by atoms with E-state index in [1.54, 1.807) is 10.8 Å². The van der Waals surface area contributed by atoms with Gasteiger partial charge in [-0.25, -0.2) is 9.78 Å². The number of amides is 1. The summed E-state index contributed by atoms with van der Waals surface area (Å²) in [4.78, 5) is 30.2. The van der Waals surface area contributed by atoms with Crippen molar-refractivity contribution in [2.45, 2.75) is 26.4 Å². The normalized spacial score (nSPS) is 15.6. The van der Waals surface area contributed by atoms with Crippen molar-refractivity contribution < 1.29 is 23.5 Å². The van der Waals surface area contributed by atoms with Crippen LogP contribution in [0.5, 0.6) is 0 Å². The average Bonchev–Trinajstić information content (AvgIpc) is 3.59. The van der Waals surface area contributed by atoms with E-state index in [1.165, 1.54) is 7.11 Å². The fourth-order valence-electron chi connectivity index (χ4n) is 4.34. The highest BCUT2D eigenvalue weighted by Crippen LogP contribution is 2.33. The molecule has 9 nitrogen and oxygen atoms in total. The number of carbonyl (C=O) groups is 2. The van der Waals surface area contributed by atoms with Gasteiger partial charge in [0, 0.05) is 23.9 Å². The number of nitrogens with zero attached hydrogens (tertiary/aromatic N) is 2. The van der Waals surface area contributed by atoms with Gasteiger partial charge in [-0.15, -0.1) is 0 Å². The number of hydrogen-bond donors (Lipinski definition) is 2. The molecule has 5 rings (SSSR count). The molecule has 2 N–H and O–H groups in total. The van der Waals surface area contributed by atoms with Crippen molar-refractivity contribution in [1.29, 1.82) is 0 Å². The molecule has 1 saturated heterocycles. The number of hydrogen-bond acceptors (Lipinski definition) is 7. The molecule has 0 spiro atoms.